The van der Waals surface area contributed by atoms with E-state index in [1.54, 1.807) is 0 Å². The largest absolute Gasteiger partial charge is 0.368 e. The fourth-order valence-electron chi connectivity index (χ4n) is 2.71. The first kappa shape index (κ1) is 12.8. The monoisotopic (exact) mass is 261 g/mol. The van der Waals surface area contributed by atoms with Gasteiger partial charge in [0, 0.05) is 19.6 Å². The summed E-state index contributed by atoms with van der Waals surface area (Å²) in [6.07, 6.45) is 1.25. The molecule has 6 nitrogen and oxygen atoms in total. The smallest absolute Gasteiger partial charge is 0.239 e. The number of rotatable bonds is 2. The average molecular weight is 261 g/mol. The van der Waals surface area contributed by atoms with E-state index in [0.717, 1.165) is 26.1 Å². The van der Waals surface area contributed by atoms with Gasteiger partial charge in [0.1, 0.15) is 5.54 Å². The summed E-state index contributed by atoms with van der Waals surface area (Å²) in [5, 5.41) is 3.23. The second-order valence-electron chi connectivity index (χ2n) is 4.83. The Bertz CT molecular complexity index is 401. The molecule has 2 saturated heterocycles. The highest BCUT2D eigenvalue weighted by molar-refractivity contribution is 7.91. The van der Waals surface area contributed by atoms with Gasteiger partial charge in [0.05, 0.1) is 11.5 Å². The van der Waals surface area contributed by atoms with Crippen molar-refractivity contribution in [2.45, 2.75) is 18.4 Å². The normalized spacial score (nSPS) is 34.4. The van der Waals surface area contributed by atoms with Crippen molar-refractivity contribution in [2.75, 3.05) is 37.7 Å². The van der Waals surface area contributed by atoms with E-state index in [-0.39, 0.29) is 11.5 Å². The Labute approximate surface area is 101 Å². The van der Waals surface area contributed by atoms with Crippen molar-refractivity contribution in [3.63, 3.8) is 0 Å². The van der Waals surface area contributed by atoms with Gasteiger partial charge in [0.15, 0.2) is 9.84 Å². The number of sulfone groups is 1. The Morgan fingerprint density at radius 2 is 2.06 bits per heavy atom. The number of carbonyl (C=O) groups excluding carboxylic acids is 1. The van der Waals surface area contributed by atoms with Crippen LogP contribution in [-0.2, 0) is 14.6 Å². The molecule has 0 aromatic carbocycles. The molecule has 3 N–H and O–H groups in total. The van der Waals surface area contributed by atoms with Crippen LogP contribution in [0.1, 0.15) is 12.8 Å². The van der Waals surface area contributed by atoms with Crippen molar-refractivity contribution in [3.05, 3.63) is 0 Å². The molecule has 0 aromatic rings. The summed E-state index contributed by atoms with van der Waals surface area (Å²) in [5.41, 5.74) is 4.50. The lowest BCUT2D eigenvalue weighted by Gasteiger charge is -2.36. The van der Waals surface area contributed by atoms with E-state index in [2.05, 4.69) is 5.32 Å². The van der Waals surface area contributed by atoms with Crippen molar-refractivity contribution in [1.82, 2.24) is 10.2 Å². The minimum atomic E-state index is -3.12. The molecule has 0 spiro atoms. The molecule has 0 bridgehead atoms. The van der Waals surface area contributed by atoms with Crippen molar-refractivity contribution in [1.29, 1.82) is 0 Å². The van der Waals surface area contributed by atoms with Crippen LogP contribution in [0.4, 0.5) is 0 Å². The first-order valence-corrected chi connectivity index (χ1v) is 7.75. The molecule has 98 valence electrons. The third kappa shape index (κ3) is 2.46. The maximum absolute atomic E-state index is 11.7. The number of amides is 1. The van der Waals surface area contributed by atoms with Crippen LogP contribution in [0.15, 0.2) is 0 Å². The van der Waals surface area contributed by atoms with Gasteiger partial charge >= 0.3 is 0 Å². The van der Waals surface area contributed by atoms with Crippen molar-refractivity contribution in [3.8, 4) is 0 Å². The topological polar surface area (TPSA) is 92.5 Å². The molecule has 7 heteroatoms. The lowest BCUT2D eigenvalue weighted by atomic mass is 9.95. The van der Waals surface area contributed by atoms with Gasteiger partial charge in [0.2, 0.25) is 5.91 Å². The Kier molecular flexibility index (Phi) is 3.42. The molecule has 17 heavy (non-hydrogen) atoms. The molecule has 2 rings (SSSR count). The van der Waals surface area contributed by atoms with E-state index in [1.807, 2.05) is 4.90 Å². The zero-order chi connectivity index (χ0) is 12.5. The van der Waals surface area contributed by atoms with Crippen LogP contribution in [-0.4, -0.2) is 62.4 Å². The fraction of sp³-hybridized carbons (Fsp3) is 0.900. The van der Waals surface area contributed by atoms with E-state index in [1.165, 1.54) is 0 Å². The summed E-state index contributed by atoms with van der Waals surface area (Å²) in [5.74, 6) is -0.546. The number of carbonyl (C=O) groups is 1. The highest BCUT2D eigenvalue weighted by Gasteiger charge is 2.50. The molecule has 2 aliphatic rings. The predicted molar refractivity (Wildman–Crippen MR) is 64.3 cm³/mol. The number of nitrogens with one attached hydrogen (secondary N) is 1. The quantitative estimate of drug-likeness (QED) is 0.620. The van der Waals surface area contributed by atoms with Gasteiger partial charge in [-0.1, -0.05) is 0 Å². The summed E-state index contributed by atoms with van der Waals surface area (Å²) in [4.78, 5) is 13.7. The lowest BCUT2D eigenvalue weighted by molar-refractivity contribution is -0.128. The fourth-order valence-corrected chi connectivity index (χ4v) is 4.70. The first-order chi connectivity index (χ1) is 7.96. The molecule has 2 aliphatic heterocycles. The zero-order valence-corrected chi connectivity index (χ0v) is 10.6. The standard InChI is InChI=1S/C10H19N3O3S/c11-9(14)10(2-7-17(15,16)8-10)13-5-1-3-12-4-6-13/h12H,1-8H2,(H2,11,14). The summed E-state index contributed by atoms with van der Waals surface area (Å²) >= 11 is 0. The minimum Gasteiger partial charge on any atom is -0.368 e. The molecule has 0 saturated carbocycles. The van der Waals surface area contributed by atoms with E-state index in [0.29, 0.717) is 13.0 Å². The molecular weight excluding hydrogens is 242 g/mol. The van der Waals surface area contributed by atoms with Crippen molar-refractivity contribution >= 4 is 15.7 Å². The molecule has 2 fully saturated rings. The van der Waals surface area contributed by atoms with Gasteiger partial charge in [0.25, 0.3) is 0 Å². The second kappa shape index (κ2) is 4.55. The van der Waals surface area contributed by atoms with Gasteiger partial charge in [-0.3, -0.25) is 9.69 Å². The highest BCUT2D eigenvalue weighted by Crippen LogP contribution is 2.30. The van der Waals surface area contributed by atoms with Gasteiger partial charge in [-0.15, -0.1) is 0 Å². The number of hydrogen-bond acceptors (Lipinski definition) is 5. The Morgan fingerprint density at radius 3 is 2.65 bits per heavy atom. The SMILES string of the molecule is NC(=O)C1(N2CCCNCC2)CCS(=O)(=O)C1. The predicted octanol–water partition coefficient (Wildman–Crippen LogP) is -1.68. The number of nitrogens with two attached hydrogens (primary N) is 1. The molecule has 0 aromatic heterocycles. The molecule has 1 atom stereocenters. The van der Waals surface area contributed by atoms with Crippen LogP contribution in [0.25, 0.3) is 0 Å². The van der Waals surface area contributed by atoms with Crippen molar-refractivity contribution in [2.24, 2.45) is 5.73 Å². The van der Waals surface area contributed by atoms with Gasteiger partial charge in [-0.25, -0.2) is 8.42 Å². The summed E-state index contributed by atoms with van der Waals surface area (Å²) in [6, 6.07) is 0. The lowest BCUT2D eigenvalue weighted by Crippen LogP contribution is -2.59. The molecule has 0 radical (unpaired) electrons. The van der Waals surface area contributed by atoms with Crippen LogP contribution in [0.5, 0.6) is 0 Å². The first-order valence-electron chi connectivity index (χ1n) is 5.92. The second-order valence-corrected chi connectivity index (χ2v) is 7.01. The maximum Gasteiger partial charge on any atom is 0.239 e. The number of hydrogen-bond donors (Lipinski definition) is 2. The van der Waals surface area contributed by atoms with Crippen molar-refractivity contribution < 1.29 is 13.2 Å². The van der Waals surface area contributed by atoms with Crippen LogP contribution >= 0.6 is 0 Å². The third-order valence-electron chi connectivity index (χ3n) is 3.69. The van der Waals surface area contributed by atoms with Gasteiger partial charge < -0.3 is 11.1 Å². The van der Waals surface area contributed by atoms with Crippen LogP contribution in [0.3, 0.4) is 0 Å². The van der Waals surface area contributed by atoms with E-state index in [9.17, 15) is 13.2 Å². The maximum atomic E-state index is 11.7. The Hall–Kier alpha value is -0.660. The molecule has 1 unspecified atom stereocenters. The number of nitrogens with zero attached hydrogens (tertiary/aromatic N) is 1. The van der Waals surface area contributed by atoms with Crippen LogP contribution < -0.4 is 11.1 Å². The van der Waals surface area contributed by atoms with Crippen LogP contribution in [0, 0.1) is 0 Å². The van der Waals surface area contributed by atoms with E-state index < -0.39 is 21.3 Å². The molecule has 2 heterocycles. The summed E-state index contributed by atoms with van der Waals surface area (Å²) < 4.78 is 23.3. The van der Waals surface area contributed by atoms with E-state index >= 15 is 0 Å². The van der Waals surface area contributed by atoms with E-state index in [4.69, 9.17) is 5.73 Å². The van der Waals surface area contributed by atoms with Gasteiger partial charge in [-0.05, 0) is 19.4 Å². The summed E-state index contributed by atoms with van der Waals surface area (Å²) in [6.45, 7) is 3.08. The summed E-state index contributed by atoms with van der Waals surface area (Å²) in [7, 11) is -3.12. The Morgan fingerprint density at radius 1 is 1.29 bits per heavy atom. The third-order valence-corrected chi connectivity index (χ3v) is 5.43. The Balaban J connectivity index is 2.25. The average Bonchev–Trinajstić information content (AvgIpc) is 2.47. The molecule has 0 aliphatic carbocycles. The van der Waals surface area contributed by atoms with Crippen LogP contribution in [0.2, 0.25) is 0 Å². The zero-order valence-electron chi connectivity index (χ0n) is 9.81. The molecular formula is C10H19N3O3S. The number of primary amides is 1. The minimum absolute atomic E-state index is 0.0693. The van der Waals surface area contributed by atoms with Gasteiger partial charge in [-0.2, -0.15) is 0 Å². The molecule has 1 amide bonds. The highest BCUT2D eigenvalue weighted by atomic mass is 32.2.